The summed E-state index contributed by atoms with van der Waals surface area (Å²) in [7, 11) is 0. The van der Waals surface area contributed by atoms with Gasteiger partial charge < -0.3 is 10.4 Å². The zero-order valence-electron chi connectivity index (χ0n) is 10.7. The standard InChI is InChI=1S/C15H21NO2/c17-14(13-8-4-3-5-9-13)16-12-15(18)10-6-1-2-7-11-15/h3-5,8-9,18H,1-2,6-7,10-12H2,(H,16,17). The SMILES string of the molecule is O=C(NCC1(O)CCCCCC1)c1ccccc1. The average molecular weight is 247 g/mol. The maximum atomic E-state index is 11.9. The van der Waals surface area contributed by atoms with Crippen molar-refractivity contribution in [3.63, 3.8) is 0 Å². The lowest BCUT2D eigenvalue weighted by molar-refractivity contribution is 0.0246. The van der Waals surface area contributed by atoms with Crippen LogP contribution in [0.5, 0.6) is 0 Å². The third kappa shape index (κ3) is 3.57. The van der Waals surface area contributed by atoms with Gasteiger partial charge in [-0.2, -0.15) is 0 Å². The highest BCUT2D eigenvalue weighted by molar-refractivity contribution is 5.94. The summed E-state index contributed by atoms with van der Waals surface area (Å²) in [6.07, 6.45) is 6.07. The van der Waals surface area contributed by atoms with Crippen molar-refractivity contribution in [3.8, 4) is 0 Å². The molecular weight excluding hydrogens is 226 g/mol. The summed E-state index contributed by atoms with van der Waals surface area (Å²) in [6, 6.07) is 9.14. The molecule has 2 rings (SSSR count). The highest BCUT2D eigenvalue weighted by atomic mass is 16.3. The van der Waals surface area contributed by atoms with Crippen LogP contribution in [0.1, 0.15) is 48.9 Å². The first kappa shape index (κ1) is 13.1. The van der Waals surface area contributed by atoms with E-state index in [1.54, 1.807) is 12.1 Å². The third-order valence-electron chi connectivity index (χ3n) is 3.65. The van der Waals surface area contributed by atoms with Crippen molar-refractivity contribution in [2.45, 2.75) is 44.1 Å². The average Bonchev–Trinajstić information content (AvgIpc) is 2.62. The van der Waals surface area contributed by atoms with Crippen LogP contribution in [0.4, 0.5) is 0 Å². The molecule has 0 heterocycles. The maximum Gasteiger partial charge on any atom is 0.251 e. The number of hydrogen-bond acceptors (Lipinski definition) is 2. The first-order chi connectivity index (χ1) is 8.70. The number of carbonyl (C=O) groups excluding carboxylic acids is 1. The van der Waals surface area contributed by atoms with E-state index in [4.69, 9.17) is 0 Å². The number of hydrogen-bond donors (Lipinski definition) is 2. The second kappa shape index (κ2) is 6.01. The van der Waals surface area contributed by atoms with E-state index < -0.39 is 5.60 Å². The molecule has 1 saturated carbocycles. The van der Waals surface area contributed by atoms with Gasteiger partial charge in [0, 0.05) is 12.1 Å². The number of amides is 1. The van der Waals surface area contributed by atoms with Crippen LogP contribution < -0.4 is 5.32 Å². The summed E-state index contributed by atoms with van der Waals surface area (Å²) >= 11 is 0. The number of nitrogens with one attached hydrogen (secondary N) is 1. The highest BCUT2D eigenvalue weighted by Gasteiger charge is 2.28. The van der Waals surface area contributed by atoms with Gasteiger partial charge in [-0.1, -0.05) is 43.9 Å². The van der Waals surface area contributed by atoms with Crippen LogP contribution in [0.15, 0.2) is 30.3 Å². The third-order valence-corrected chi connectivity index (χ3v) is 3.65. The molecule has 3 nitrogen and oxygen atoms in total. The Morgan fingerprint density at radius 2 is 1.72 bits per heavy atom. The Hall–Kier alpha value is -1.35. The van der Waals surface area contributed by atoms with Gasteiger partial charge in [0.2, 0.25) is 0 Å². The second-order valence-corrected chi connectivity index (χ2v) is 5.19. The molecule has 0 bridgehead atoms. The fourth-order valence-electron chi connectivity index (χ4n) is 2.50. The van der Waals surface area contributed by atoms with Crippen LogP contribution in [-0.2, 0) is 0 Å². The smallest absolute Gasteiger partial charge is 0.251 e. The minimum Gasteiger partial charge on any atom is -0.388 e. The van der Waals surface area contributed by atoms with Crippen LogP contribution in [0, 0.1) is 0 Å². The van der Waals surface area contributed by atoms with E-state index in [0.29, 0.717) is 12.1 Å². The van der Waals surface area contributed by atoms with E-state index in [-0.39, 0.29) is 5.91 Å². The van der Waals surface area contributed by atoms with Gasteiger partial charge in [0.1, 0.15) is 0 Å². The lowest BCUT2D eigenvalue weighted by atomic mass is 9.94. The second-order valence-electron chi connectivity index (χ2n) is 5.19. The molecule has 3 heteroatoms. The van der Waals surface area contributed by atoms with Crippen LogP contribution in [0.3, 0.4) is 0 Å². The van der Waals surface area contributed by atoms with Crippen molar-refractivity contribution in [3.05, 3.63) is 35.9 Å². The van der Waals surface area contributed by atoms with Gasteiger partial charge in [0.25, 0.3) is 5.91 Å². The van der Waals surface area contributed by atoms with Crippen molar-refractivity contribution in [2.24, 2.45) is 0 Å². The highest BCUT2D eigenvalue weighted by Crippen LogP contribution is 2.26. The lowest BCUT2D eigenvalue weighted by Crippen LogP contribution is -2.42. The molecule has 0 atom stereocenters. The minimum absolute atomic E-state index is 0.103. The summed E-state index contributed by atoms with van der Waals surface area (Å²) in [5.41, 5.74) is -0.0595. The Balaban J connectivity index is 1.88. The predicted molar refractivity (Wildman–Crippen MR) is 71.4 cm³/mol. The maximum absolute atomic E-state index is 11.9. The number of aliphatic hydroxyl groups is 1. The van der Waals surface area contributed by atoms with Gasteiger partial charge in [0.15, 0.2) is 0 Å². The minimum atomic E-state index is -0.707. The molecule has 1 aromatic rings. The van der Waals surface area contributed by atoms with Gasteiger partial charge in [-0.05, 0) is 25.0 Å². The molecule has 0 aliphatic heterocycles. The molecule has 0 radical (unpaired) electrons. The summed E-state index contributed by atoms with van der Waals surface area (Å²) in [6.45, 7) is 0.362. The Kier molecular flexibility index (Phi) is 4.37. The fraction of sp³-hybridized carbons (Fsp3) is 0.533. The summed E-state index contributed by atoms with van der Waals surface area (Å²) < 4.78 is 0. The predicted octanol–water partition coefficient (Wildman–Crippen LogP) is 2.50. The van der Waals surface area contributed by atoms with Gasteiger partial charge in [-0.15, -0.1) is 0 Å². The topological polar surface area (TPSA) is 49.3 Å². The molecule has 0 spiro atoms. The Morgan fingerprint density at radius 3 is 2.33 bits per heavy atom. The zero-order valence-corrected chi connectivity index (χ0v) is 10.7. The molecule has 0 unspecified atom stereocenters. The molecule has 1 amide bonds. The molecule has 1 fully saturated rings. The normalized spacial score (nSPS) is 18.9. The van der Waals surface area contributed by atoms with E-state index in [0.717, 1.165) is 25.7 Å². The van der Waals surface area contributed by atoms with Crippen molar-refractivity contribution in [1.82, 2.24) is 5.32 Å². The number of benzene rings is 1. The Morgan fingerprint density at radius 1 is 1.11 bits per heavy atom. The van der Waals surface area contributed by atoms with Crippen LogP contribution >= 0.6 is 0 Å². The molecule has 1 aromatic carbocycles. The van der Waals surface area contributed by atoms with Gasteiger partial charge in [-0.25, -0.2) is 0 Å². The monoisotopic (exact) mass is 247 g/mol. The lowest BCUT2D eigenvalue weighted by Gasteiger charge is -2.26. The fourth-order valence-corrected chi connectivity index (χ4v) is 2.50. The number of rotatable bonds is 3. The Labute approximate surface area is 108 Å². The van der Waals surface area contributed by atoms with E-state index >= 15 is 0 Å². The molecule has 2 N–H and O–H groups in total. The van der Waals surface area contributed by atoms with E-state index in [2.05, 4.69) is 5.32 Å². The van der Waals surface area contributed by atoms with Crippen molar-refractivity contribution in [2.75, 3.05) is 6.54 Å². The van der Waals surface area contributed by atoms with Crippen LogP contribution in [0.25, 0.3) is 0 Å². The van der Waals surface area contributed by atoms with Crippen LogP contribution in [-0.4, -0.2) is 23.2 Å². The van der Waals surface area contributed by atoms with Crippen molar-refractivity contribution >= 4 is 5.91 Å². The van der Waals surface area contributed by atoms with E-state index in [1.807, 2.05) is 18.2 Å². The first-order valence-electron chi connectivity index (χ1n) is 6.75. The summed E-state index contributed by atoms with van der Waals surface area (Å²) in [5.74, 6) is -0.103. The molecule has 98 valence electrons. The number of carbonyl (C=O) groups is 1. The largest absolute Gasteiger partial charge is 0.388 e. The molecule has 1 aliphatic carbocycles. The van der Waals surface area contributed by atoms with E-state index in [9.17, 15) is 9.90 Å². The zero-order chi connectivity index (χ0) is 12.8. The molecule has 0 aromatic heterocycles. The molecular formula is C15H21NO2. The van der Waals surface area contributed by atoms with Gasteiger partial charge >= 0.3 is 0 Å². The van der Waals surface area contributed by atoms with E-state index in [1.165, 1.54) is 12.8 Å². The summed E-state index contributed by atoms with van der Waals surface area (Å²) in [4.78, 5) is 11.9. The van der Waals surface area contributed by atoms with Crippen molar-refractivity contribution in [1.29, 1.82) is 0 Å². The molecule has 0 saturated heterocycles. The summed E-state index contributed by atoms with van der Waals surface area (Å²) in [5, 5.41) is 13.3. The quantitative estimate of drug-likeness (QED) is 0.806. The van der Waals surface area contributed by atoms with Crippen LogP contribution in [0.2, 0.25) is 0 Å². The molecule has 1 aliphatic rings. The van der Waals surface area contributed by atoms with Crippen molar-refractivity contribution < 1.29 is 9.90 Å². The Bertz CT molecular complexity index is 381. The van der Waals surface area contributed by atoms with Gasteiger partial charge in [-0.3, -0.25) is 4.79 Å². The van der Waals surface area contributed by atoms with Gasteiger partial charge in [0.05, 0.1) is 5.60 Å². The first-order valence-corrected chi connectivity index (χ1v) is 6.75. The molecule has 18 heavy (non-hydrogen) atoms.